The molecule has 2 aromatic rings. The van der Waals surface area contributed by atoms with Gasteiger partial charge in [-0.3, -0.25) is 24.0 Å². The van der Waals surface area contributed by atoms with E-state index in [0.717, 1.165) is 11.1 Å². The summed E-state index contributed by atoms with van der Waals surface area (Å²) in [7, 11) is 0. The molecule has 13 heteroatoms. The third-order valence-corrected chi connectivity index (χ3v) is 7.52. The van der Waals surface area contributed by atoms with Crippen LogP contribution in [0.25, 0.3) is 0 Å². The molecule has 13 nitrogen and oxygen atoms in total. The Labute approximate surface area is 294 Å². The maximum atomic E-state index is 13.9. The molecule has 50 heavy (non-hydrogen) atoms. The zero-order valence-corrected chi connectivity index (χ0v) is 30.2. The Kier molecular flexibility index (Phi) is 15.9. The number of rotatable bonds is 17. The lowest BCUT2D eigenvalue weighted by molar-refractivity contribution is -0.141. The minimum absolute atomic E-state index is 0.0190. The largest absolute Gasteiger partial charge is 0.480 e. The maximum Gasteiger partial charge on any atom is 0.408 e. The van der Waals surface area contributed by atoms with Gasteiger partial charge in [-0.25, -0.2) is 4.79 Å². The maximum absolute atomic E-state index is 13.9. The summed E-state index contributed by atoms with van der Waals surface area (Å²) >= 11 is 0. The lowest BCUT2D eigenvalue weighted by atomic mass is 9.98. The molecule has 0 bridgehead atoms. The summed E-state index contributed by atoms with van der Waals surface area (Å²) in [4.78, 5) is 78.5. The minimum Gasteiger partial charge on any atom is -0.480 e. The van der Waals surface area contributed by atoms with Crippen LogP contribution in [0.1, 0.15) is 72.9 Å². The molecular weight excluding hydrogens is 642 g/mol. The van der Waals surface area contributed by atoms with E-state index in [2.05, 4.69) is 26.6 Å². The van der Waals surface area contributed by atoms with Crippen molar-refractivity contribution < 1.29 is 38.6 Å². The number of aliphatic carboxylic acids is 1. The van der Waals surface area contributed by atoms with Gasteiger partial charge >= 0.3 is 12.1 Å². The van der Waals surface area contributed by atoms with Crippen LogP contribution in [0.15, 0.2) is 60.7 Å². The molecule has 2 rings (SSSR count). The highest BCUT2D eigenvalue weighted by atomic mass is 16.6. The Morgan fingerprint density at radius 2 is 1.06 bits per heavy atom. The SMILES string of the molecule is CC(C)CC(NC(=O)OC(C)(C)C)C(=O)NC(C(=O)NC(Cc1ccccc1)C(=O)NC(Cc1ccccc1)C(=O)N[C@@H](C)C(=O)O)C(C)C. The van der Waals surface area contributed by atoms with Gasteiger partial charge in [-0.1, -0.05) is 88.4 Å². The molecule has 0 spiro atoms. The summed E-state index contributed by atoms with van der Waals surface area (Å²) in [6, 6.07) is 12.2. The fourth-order valence-corrected chi connectivity index (χ4v) is 4.97. The quantitative estimate of drug-likeness (QED) is 0.145. The second-order valence-corrected chi connectivity index (χ2v) is 14.1. The highest BCUT2D eigenvalue weighted by Gasteiger charge is 2.34. The number of nitrogens with one attached hydrogen (secondary N) is 5. The van der Waals surface area contributed by atoms with Crippen molar-refractivity contribution >= 4 is 35.7 Å². The van der Waals surface area contributed by atoms with E-state index in [1.54, 1.807) is 89.2 Å². The standard InChI is InChI=1S/C37H53N5O8/c1-22(2)19-27(41-36(49)50-37(6,7)8)33(45)42-30(23(3)4)34(46)40-29(21-26-17-13-10-14-18-26)32(44)39-28(20-25-15-11-9-12-16-25)31(43)38-24(5)35(47)48/h9-18,22-24,27-30H,19-21H2,1-8H3,(H,38,43)(H,39,44)(H,40,46)(H,41,49)(H,42,45)(H,47,48)/t24-,27?,28?,29?,30?/m0/s1. The van der Waals surface area contributed by atoms with Gasteiger partial charge < -0.3 is 36.4 Å². The van der Waals surface area contributed by atoms with E-state index in [1.807, 2.05) is 19.9 Å². The van der Waals surface area contributed by atoms with Crippen LogP contribution < -0.4 is 26.6 Å². The van der Waals surface area contributed by atoms with E-state index in [1.165, 1.54) is 6.92 Å². The van der Waals surface area contributed by atoms with Gasteiger partial charge in [-0.15, -0.1) is 0 Å². The average Bonchev–Trinajstić information content (AvgIpc) is 3.02. The van der Waals surface area contributed by atoms with E-state index in [9.17, 15) is 33.9 Å². The molecule has 0 aliphatic rings. The van der Waals surface area contributed by atoms with E-state index in [-0.39, 0.29) is 25.2 Å². The van der Waals surface area contributed by atoms with Crippen molar-refractivity contribution in [3.63, 3.8) is 0 Å². The minimum atomic E-state index is -1.24. The summed E-state index contributed by atoms with van der Waals surface area (Å²) in [5.74, 6) is -4.26. The summed E-state index contributed by atoms with van der Waals surface area (Å²) < 4.78 is 5.34. The third-order valence-electron chi connectivity index (χ3n) is 7.52. The predicted molar refractivity (Wildman–Crippen MR) is 189 cm³/mol. The molecule has 5 atom stereocenters. The van der Waals surface area contributed by atoms with Crippen LogP contribution in [0.4, 0.5) is 4.79 Å². The van der Waals surface area contributed by atoms with Crippen molar-refractivity contribution in [1.82, 2.24) is 26.6 Å². The number of hydrogen-bond donors (Lipinski definition) is 6. The van der Waals surface area contributed by atoms with Crippen LogP contribution in [0.3, 0.4) is 0 Å². The first-order valence-electron chi connectivity index (χ1n) is 16.9. The lowest BCUT2D eigenvalue weighted by Gasteiger charge is -2.29. The topological polar surface area (TPSA) is 192 Å². The van der Waals surface area contributed by atoms with Crippen LogP contribution in [-0.4, -0.2) is 76.6 Å². The highest BCUT2D eigenvalue weighted by molar-refractivity contribution is 5.96. The zero-order valence-electron chi connectivity index (χ0n) is 30.2. The van der Waals surface area contributed by atoms with Crippen molar-refractivity contribution in [2.45, 2.75) is 110 Å². The van der Waals surface area contributed by atoms with Crippen molar-refractivity contribution in [2.75, 3.05) is 0 Å². The number of carboxylic acids is 1. The number of amides is 5. The van der Waals surface area contributed by atoms with Crippen LogP contribution in [-0.2, 0) is 41.6 Å². The second kappa shape index (κ2) is 19.3. The van der Waals surface area contributed by atoms with Crippen LogP contribution in [0.2, 0.25) is 0 Å². The molecule has 5 amide bonds. The van der Waals surface area contributed by atoms with Crippen molar-refractivity contribution in [2.24, 2.45) is 11.8 Å². The molecule has 274 valence electrons. The van der Waals surface area contributed by atoms with Gasteiger partial charge in [0.25, 0.3) is 0 Å². The van der Waals surface area contributed by atoms with E-state index in [0.29, 0.717) is 0 Å². The molecule has 0 aromatic heterocycles. The van der Waals surface area contributed by atoms with Gasteiger partial charge in [0.15, 0.2) is 0 Å². The first-order valence-corrected chi connectivity index (χ1v) is 16.9. The number of ether oxygens (including phenoxy) is 1. The van der Waals surface area contributed by atoms with E-state index < -0.39 is 77.4 Å². The molecule has 2 aromatic carbocycles. The van der Waals surface area contributed by atoms with E-state index >= 15 is 0 Å². The number of hydrogen-bond acceptors (Lipinski definition) is 7. The third kappa shape index (κ3) is 14.7. The Bertz CT molecular complexity index is 1440. The van der Waals surface area contributed by atoms with Crippen LogP contribution >= 0.6 is 0 Å². The molecule has 0 saturated heterocycles. The monoisotopic (exact) mass is 695 g/mol. The van der Waals surface area contributed by atoms with Gasteiger partial charge in [-0.2, -0.15) is 0 Å². The van der Waals surface area contributed by atoms with Crippen molar-refractivity contribution in [3.05, 3.63) is 71.8 Å². The molecule has 0 radical (unpaired) electrons. The van der Waals surface area contributed by atoms with E-state index in [4.69, 9.17) is 4.74 Å². The first-order chi connectivity index (χ1) is 23.4. The van der Waals surface area contributed by atoms with Crippen LogP contribution in [0, 0.1) is 11.8 Å². The Balaban J connectivity index is 2.35. The number of carbonyl (C=O) groups excluding carboxylic acids is 5. The summed E-state index contributed by atoms with van der Waals surface area (Å²) in [6.45, 7) is 13.7. The van der Waals surface area contributed by atoms with Crippen molar-refractivity contribution in [1.29, 1.82) is 0 Å². The normalized spacial score (nSPS) is 14.4. The van der Waals surface area contributed by atoms with Gasteiger partial charge in [0, 0.05) is 12.8 Å². The highest BCUT2D eigenvalue weighted by Crippen LogP contribution is 2.13. The Morgan fingerprint density at radius 1 is 0.620 bits per heavy atom. The second-order valence-electron chi connectivity index (χ2n) is 14.1. The molecular formula is C37H53N5O8. The van der Waals surface area contributed by atoms with Gasteiger partial charge in [0.05, 0.1) is 0 Å². The average molecular weight is 696 g/mol. The Morgan fingerprint density at radius 3 is 1.48 bits per heavy atom. The summed E-state index contributed by atoms with van der Waals surface area (Å²) in [6.07, 6.45) is -0.376. The molecule has 0 fully saturated rings. The molecule has 6 N–H and O–H groups in total. The molecule has 0 heterocycles. The fraction of sp³-hybridized carbons (Fsp3) is 0.514. The number of carbonyl (C=O) groups is 6. The zero-order chi connectivity index (χ0) is 37.6. The smallest absolute Gasteiger partial charge is 0.408 e. The summed E-state index contributed by atoms with van der Waals surface area (Å²) in [5, 5.41) is 22.6. The van der Waals surface area contributed by atoms with Crippen LogP contribution in [0.5, 0.6) is 0 Å². The molecule has 0 aliphatic heterocycles. The van der Waals surface area contributed by atoms with Gasteiger partial charge in [-0.05, 0) is 57.1 Å². The first kappa shape index (κ1) is 41.2. The van der Waals surface area contributed by atoms with Gasteiger partial charge in [0.2, 0.25) is 23.6 Å². The van der Waals surface area contributed by atoms with Crippen molar-refractivity contribution in [3.8, 4) is 0 Å². The number of alkyl carbamates (subject to hydrolysis) is 1. The number of carboxylic acid groups (broad SMARTS) is 1. The molecule has 0 aliphatic carbocycles. The summed E-state index contributed by atoms with van der Waals surface area (Å²) in [5.41, 5.74) is 0.658. The molecule has 4 unspecified atom stereocenters. The molecule has 0 saturated carbocycles. The number of benzene rings is 2. The Hall–Kier alpha value is -4.94. The lowest BCUT2D eigenvalue weighted by Crippen LogP contribution is -2.60. The van der Waals surface area contributed by atoms with Gasteiger partial charge in [0.1, 0.15) is 35.8 Å². The predicted octanol–water partition coefficient (Wildman–Crippen LogP) is 3.11. The fourth-order valence-electron chi connectivity index (χ4n) is 4.97.